The maximum atomic E-state index is 12.6. The highest BCUT2D eigenvalue weighted by Gasteiger charge is 2.12. The molecule has 0 fully saturated rings. The van der Waals surface area contributed by atoms with Gasteiger partial charge < -0.3 is 10.3 Å². The number of anilines is 1. The van der Waals surface area contributed by atoms with Crippen molar-refractivity contribution in [3.05, 3.63) is 94.1 Å². The first-order chi connectivity index (χ1) is 14.1. The largest absolute Gasteiger partial charge is 0.332 e. The smallest absolute Gasteiger partial charge is 0.262 e. The molecule has 0 atom stereocenters. The van der Waals surface area contributed by atoms with Gasteiger partial charge in [-0.15, -0.1) is 6.58 Å². The second kappa shape index (κ2) is 7.69. The third-order valence-electron chi connectivity index (χ3n) is 4.41. The molecule has 4 aromatic rings. The Bertz CT molecular complexity index is 1330. The zero-order valence-electron chi connectivity index (χ0n) is 15.3. The van der Waals surface area contributed by atoms with E-state index in [1.807, 2.05) is 30.3 Å². The van der Waals surface area contributed by atoms with Crippen molar-refractivity contribution in [2.45, 2.75) is 6.54 Å². The molecule has 0 saturated carbocycles. The van der Waals surface area contributed by atoms with Crippen molar-refractivity contribution in [3.8, 4) is 5.69 Å². The first-order valence-electron chi connectivity index (χ1n) is 8.87. The Morgan fingerprint density at radius 1 is 1.21 bits per heavy atom. The summed E-state index contributed by atoms with van der Waals surface area (Å²) in [4.78, 5) is 28.2. The number of para-hydroxylation sites is 1. The molecule has 0 aliphatic carbocycles. The number of hydrogen-bond acceptors (Lipinski definition) is 4. The Labute approximate surface area is 170 Å². The molecule has 0 aliphatic heterocycles. The fourth-order valence-electron chi connectivity index (χ4n) is 2.99. The number of aromatic nitrogens is 4. The van der Waals surface area contributed by atoms with Crippen LogP contribution in [0.4, 0.5) is 5.82 Å². The average Bonchev–Trinajstić information content (AvgIpc) is 3.20. The lowest BCUT2D eigenvalue weighted by Crippen LogP contribution is -2.22. The van der Waals surface area contributed by atoms with Crippen molar-refractivity contribution in [1.82, 2.24) is 19.3 Å². The van der Waals surface area contributed by atoms with Gasteiger partial charge >= 0.3 is 0 Å². The predicted octanol–water partition coefficient (Wildman–Crippen LogP) is 3.68. The van der Waals surface area contributed by atoms with Crippen molar-refractivity contribution in [3.63, 3.8) is 0 Å². The van der Waals surface area contributed by atoms with Crippen LogP contribution in [0.2, 0.25) is 0 Å². The van der Waals surface area contributed by atoms with E-state index in [0.717, 1.165) is 5.69 Å². The van der Waals surface area contributed by atoms with Gasteiger partial charge in [0.2, 0.25) is 0 Å². The number of hydrogen-bond donors (Lipinski definition) is 2. The van der Waals surface area contributed by atoms with E-state index in [1.54, 1.807) is 41.2 Å². The predicted molar refractivity (Wildman–Crippen MR) is 115 cm³/mol. The van der Waals surface area contributed by atoms with Crippen LogP contribution in [-0.4, -0.2) is 25.2 Å². The SMILES string of the molecule is C=CCn1c(=S)[nH]c2cc(C(=O)Nc3ccn(-c4ccccc4)n3)ccc2c1=O. The van der Waals surface area contributed by atoms with Crippen LogP contribution in [0, 0.1) is 4.77 Å². The molecule has 0 bridgehead atoms. The molecule has 0 unspecified atom stereocenters. The summed E-state index contributed by atoms with van der Waals surface area (Å²) < 4.78 is 3.37. The van der Waals surface area contributed by atoms with Gasteiger partial charge in [-0.1, -0.05) is 24.3 Å². The van der Waals surface area contributed by atoms with Crippen LogP contribution < -0.4 is 10.9 Å². The van der Waals surface area contributed by atoms with E-state index >= 15 is 0 Å². The topological polar surface area (TPSA) is 84.7 Å². The van der Waals surface area contributed by atoms with Gasteiger partial charge in [-0.3, -0.25) is 14.2 Å². The third-order valence-corrected chi connectivity index (χ3v) is 4.73. The van der Waals surface area contributed by atoms with Crippen molar-refractivity contribution >= 4 is 34.8 Å². The maximum absolute atomic E-state index is 12.6. The van der Waals surface area contributed by atoms with E-state index < -0.39 is 0 Å². The number of amides is 1. The fourth-order valence-corrected chi connectivity index (χ4v) is 3.26. The van der Waals surface area contributed by atoms with Crippen molar-refractivity contribution in [2.75, 3.05) is 5.32 Å². The van der Waals surface area contributed by atoms with E-state index in [-0.39, 0.29) is 16.2 Å². The van der Waals surface area contributed by atoms with Crippen LogP contribution in [-0.2, 0) is 6.54 Å². The first-order valence-corrected chi connectivity index (χ1v) is 9.28. The van der Waals surface area contributed by atoms with Crippen molar-refractivity contribution in [2.24, 2.45) is 0 Å². The zero-order chi connectivity index (χ0) is 20.4. The van der Waals surface area contributed by atoms with E-state index in [0.29, 0.717) is 28.8 Å². The molecule has 0 saturated heterocycles. The molecule has 2 aromatic carbocycles. The summed E-state index contributed by atoms with van der Waals surface area (Å²) in [6.07, 6.45) is 3.37. The van der Waals surface area contributed by atoms with Crippen LogP contribution in [0.1, 0.15) is 10.4 Å². The van der Waals surface area contributed by atoms with Crippen molar-refractivity contribution < 1.29 is 4.79 Å². The highest BCUT2D eigenvalue weighted by Crippen LogP contribution is 2.14. The van der Waals surface area contributed by atoms with Crippen molar-refractivity contribution in [1.29, 1.82) is 0 Å². The molecular weight excluding hydrogens is 386 g/mol. The van der Waals surface area contributed by atoms with Gasteiger partial charge in [-0.05, 0) is 42.5 Å². The van der Waals surface area contributed by atoms with Gasteiger partial charge in [-0.25, -0.2) is 4.68 Å². The van der Waals surface area contributed by atoms with Crippen LogP contribution in [0.15, 0.2) is 78.2 Å². The normalized spacial score (nSPS) is 10.8. The number of fused-ring (bicyclic) bond motifs is 1. The number of nitrogens with one attached hydrogen (secondary N) is 2. The molecule has 2 N–H and O–H groups in total. The monoisotopic (exact) mass is 403 g/mol. The summed E-state index contributed by atoms with van der Waals surface area (Å²) in [5.74, 6) is 0.0908. The van der Waals surface area contributed by atoms with E-state index in [2.05, 4.69) is 22.0 Å². The summed E-state index contributed by atoms with van der Waals surface area (Å²) in [5, 5.41) is 7.58. The van der Waals surface area contributed by atoms with E-state index in [9.17, 15) is 9.59 Å². The van der Waals surface area contributed by atoms with Gasteiger partial charge in [0, 0.05) is 24.4 Å². The summed E-state index contributed by atoms with van der Waals surface area (Å²) in [6, 6.07) is 16.1. The summed E-state index contributed by atoms with van der Waals surface area (Å²) in [7, 11) is 0. The first kappa shape index (κ1) is 18.6. The second-order valence-electron chi connectivity index (χ2n) is 6.33. The molecule has 8 heteroatoms. The van der Waals surface area contributed by atoms with Crippen LogP contribution >= 0.6 is 12.2 Å². The minimum atomic E-state index is -0.334. The number of aromatic amines is 1. The van der Waals surface area contributed by atoms with E-state index in [4.69, 9.17) is 12.2 Å². The van der Waals surface area contributed by atoms with Crippen LogP contribution in [0.25, 0.3) is 16.6 Å². The lowest BCUT2D eigenvalue weighted by molar-refractivity contribution is 0.102. The Morgan fingerprint density at radius 2 is 2.00 bits per heavy atom. The van der Waals surface area contributed by atoms with Gasteiger partial charge in [0.15, 0.2) is 10.6 Å². The molecule has 4 rings (SSSR count). The average molecular weight is 403 g/mol. The summed E-state index contributed by atoms with van der Waals surface area (Å²) in [5.41, 5.74) is 1.56. The molecule has 0 radical (unpaired) electrons. The lowest BCUT2D eigenvalue weighted by Gasteiger charge is -2.07. The quantitative estimate of drug-likeness (QED) is 0.393. The number of allylic oxidation sites excluding steroid dienone is 1. The molecule has 0 spiro atoms. The zero-order valence-corrected chi connectivity index (χ0v) is 16.1. The van der Waals surface area contributed by atoms with Gasteiger partial charge in [0.05, 0.1) is 16.6 Å². The number of carbonyl (C=O) groups excluding carboxylic acids is 1. The number of rotatable bonds is 5. The summed E-state index contributed by atoms with van der Waals surface area (Å²) in [6.45, 7) is 3.95. The molecular formula is C21H17N5O2S. The second-order valence-corrected chi connectivity index (χ2v) is 6.72. The fraction of sp³-hybridized carbons (Fsp3) is 0.0476. The maximum Gasteiger partial charge on any atom is 0.262 e. The summed E-state index contributed by atoms with van der Waals surface area (Å²) >= 11 is 5.24. The highest BCUT2D eigenvalue weighted by molar-refractivity contribution is 7.71. The number of carbonyl (C=O) groups is 1. The molecule has 1 amide bonds. The Hall–Kier alpha value is -3.78. The van der Waals surface area contributed by atoms with Gasteiger partial charge in [0.25, 0.3) is 11.5 Å². The third kappa shape index (κ3) is 3.65. The Balaban J connectivity index is 1.62. The van der Waals surface area contributed by atoms with Crippen LogP contribution in [0.3, 0.4) is 0 Å². The highest BCUT2D eigenvalue weighted by atomic mass is 32.1. The molecule has 7 nitrogen and oxygen atoms in total. The molecule has 2 heterocycles. The standard InChI is InChI=1S/C21H17N5O2S/c1-2-11-25-20(28)16-9-8-14(13-17(16)22-21(25)29)19(27)23-18-10-12-26(24-18)15-6-4-3-5-7-15/h2-10,12-13H,1,11H2,(H,22,29)(H,23,24,27). The molecule has 29 heavy (non-hydrogen) atoms. The van der Waals surface area contributed by atoms with Crippen LogP contribution in [0.5, 0.6) is 0 Å². The molecule has 144 valence electrons. The molecule has 0 aliphatic rings. The van der Waals surface area contributed by atoms with Gasteiger partial charge in [0.1, 0.15) is 0 Å². The molecule has 2 aromatic heterocycles. The minimum absolute atomic E-state index is 0.225. The van der Waals surface area contributed by atoms with E-state index in [1.165, 1.54) is 4.57 Å². The van der Waals surface area contributed by atoms with Gasteiger partial charge in [-0.2, -0.15) is 5.10 Å². The Kier molecular flexibility index (Phi) is 4.92. The number of H-pyrrole nitrogens is 1. The lowest BCUT2D eigenvalue weighted by atomic mass is 10.1. The minimum Gasteiger partial charge on any atom is -0.332 e. The number of nitrogens with zero attached hydrogens (tertiary/aromatic N) is 3. The Morgan fingerprint density at radius 3 is 2.76 bits per heavy atom. The number of benzene rings is 2.